The molecule has 0 aliphatic carbocycles. The summed E-state index contributed by atoms with van der Waals surface area (Å²) in [6.07, 6.45) is 2.29. The van der Waals surface area contributed by atoms with Crippen LogP contribution in [0.4, 0.5) is 0 Å². The molecule has 0 bridgehead atoms. The van der Waals surface area contributed by atoms with Gasteiger partial charge in [-0.2, -0.15) is 0 Å². The first kappa shape index (κ1) is 18.2. The Bertz CT molecular complexity index is 420. The summed E-state index contributed by atoms with van der Waals surface area (Å²) in [4.78, 5) is 0. The number of hydrogen-bond acceptors (Lipinski definition) is 2. The van der Waals surface area contributed by atoms with Crippen LogP contribution in [0.1, 0.15) is 78.5 Å². The summed E-state index contributed by atoms with van der Waals surface area (Å²) in [5.74, 6) is 6.44. The zero-order valence-electron chi connectivity index (χ0n) is 15.0. The molecule has 0 amide bonds. The van der Waals surface area contributed by atoms with Crippen molar-refractivity contribution in [3.63, 3.8) is 0 Å². The second-order valence-corrected chi connectivity index (χ2v) is 8.70. The lowest BCUT2D eigenvalue weighted by molar-refractivity contribution is 0.276. The van der Waals surface area contributed by atoms with Crippen molar-refractivity contribution in [1.82, 2.24) is 5.43 Å². The van der Waals surface area contributed by atoms with Crippen LogP contribution in [-0.2, 0) is 5.41 Å². The molecule has 0 aliphatic heterocycles. The first-order valence-corrected chi connectivity index (χ1v) is 8.09. The van der Waals surface area contributed by atoms with Crippen LogP contribution in [0.5, 0.6) is 0 Å². The molecule has 0 aromatic heterocycles. The van der Waals surface area contributed by atoms with E-state index < -0.39 is 0 Å². The van der Waals surface area contributed by atoms with Crippen LogP contribution in [0.15, 0.2) is 24.3 Å². The summed E-state index contributed by atoms with van der Waals surface area (Å²) in [5.41, 5.74) is 6.21. The number of hydrogen-bond donors (Lipinski definition) is 2. The van der Waals surface area contributed by atoms with Gasteiger partial charge in [-0.25, -0.2) is 0 Å². The summed E-state index contributed by atoms with van der Waals surface area (Å²) < 4.78 is 0. The Balaban J connectivity index is 2.76. The van der Waals surface area contributed by atoms with Gasteiger partial charge in [-0.1, -0.05) is 72.7 Å². The lowest BCUT2D eigenvalue weighted by atomic mass is 9.81. The van der Waals surface area contributed by atoms with Crippen molar-refractivity contribution in [2.45, 2.75) is 72.8 Å². The largest absolute Gasteiger partial charge is 0.271 e. The van der Waals surface area contributed by atoms with Crippen molar-refractivity contribution in [1.29, 1.82) is 0 Å². The summed E-state index contributed by atoms with van der Waals surface area (Å²) >= 11 is 0. The first-order valence-electron chi connectivity index (χ1n) is 8.09. The van der Waals surface area contributed by atoms with Gasteiger partial charge in [-0.3, -0.25) is 11.3 Å². The third-order valence-corrected chi connectivity index (χ3v) is 3.98. The molecule has 2 nitrogen and oxygen atoms in total. The van der Waals surface area contributed by atoms with E-state index in [2.05, 4.69) is 78.2 Å². The van der Waals surface area contributed by atoms with Gasteiger partial charge in [0.2, 0.25) is 0 Å². The lowest BCUT2D eigenvalue weighted by Gasteiger charge is -2.27. The summed E-state index contributed by atoms with van der Waals surface area (Å²) in [7, 11) is 0. The van der Waals surface area contributed by atoms with Crippen LogP contribution < -0.4 is 11.3 Å². The summed E-state index contributed by atoms with van der Waals surface area (Å²) in [5, 5.41) is 0. The Morgan fingerprint density at radius 2 is 1.52 bits per heavy atom. The normalized spacial score (nSPS) is 15.8. The minimum atomic E-state index is 0.198. The molecule has 0 fully saturated rings. The van der Waals surface area contributed by atoms with Crippen LogP contribution in [0.2, 0.25) is 0 Å². The van der Waals surface area contributed by atoms with Crippen LogP contribution in [0.3, 0.4) is 0 Å². The summed E-state index contributed by atoms with van der Waals surface area (Å²) in [6, 6.07) is 9.13. The first-order chi connectivity index (χ1) is 9.53. The fourth-order valence-electron chi connectivity index (χ4n) is 3.05. The van der Waals surface area contributed by atoms with Crippen LogP contribution >= 0.6 is 0 Å². The number of benzene rings is 1. The highest BCUT2D eigenvalue weighted by atomic mass is 15.2. The number of rotatable bonds is 5. The molecule has 0 radical (unpaired) electrons. The van der Waals surface area contributed by atoms with Crippen molar-refractivity contribution < 1.29 is 0 Å². The molecule has 120 valence electrons. The van der Waals surface area contributed by atoms with Crippen molar-refractivity contribution in [2.75, 3.05) is 0 Å². The van der Waals surface area contributed by atoms with E-state index in [-0.39, 0.29) is 11.5 Å². The Labute approximate surface area is 131 Å². The van der Waals surface area contributed by atoms with Crippen molar-refractivity contribution >= 4 is 0 Å². The molecule has 1 rings (SSSR count). The summed E-state index contributed by atoms with van der Waals surface area (Å²) in [6.45, 7) is 15.9. The molecule has 21 heavy (non-hydrogen) atoms. The average Bonchev–Trinajstić information content (AvgIpc) is 2.33. The van der Waals surface area contributed by atoms with Crippen molar-refractivity contribution in [3.8, 4) is 0 Å². The van der Waals surface area contributed by atoms with Gasteiger partial charge in [0.1, 0.15) is 0 Å². The quantitative estimate of drug-likeness (QED) is 0.594. The molecule has 0 spiro atoms. The predicted molar refractivity (Wildman–Crippen MR) is 93.1 cm³/mol. The second-order valence-electron chi connectivity index (χ2n) is 8.70. The van der Waals surface area contributed by atoms with E-state index >= 15 is 0 Å². The van der Waals surface area contributed by atoms with Gasteiger partial charge in [0.25, 0.3) is 0 Å². The van der Waals surface area contributed by atoms with Crippen molar-refractivity contribution in [3.05, 3.63) is 35.4 Å². The standard InChI is InChI=1S/C19H34N2/c1-14(13-18(2,3)4)12-17(21-20)15-8-10-16(11-9-15)19(5,6)7/h8-11,14,17,21H,12-13,20H2,1-7H3. The number of nitrogens with two attached hydrogens (primary N) is 1. The molecule has 1 aromatic carbocycles. The Kier molecular flexibility index (Phi) is 6.01. The fraction of sp³-hybridized carbons (Fsp3) is 0.684. The number of nitrogens with one attached hydrogen (secondary N) is 1. The Morgan fingerprint density at radius 1 is 1.00 bits per heavy atom. The van der Waals surface area contributed by atoms with Gasteiger partial charge in [-0.15, -0.1) is 0 Å². The molecular formula is C19H34N2. The molecule has 1 aromatic rings. The Hall–Kier alpha value is -0.860. The highest BCUT2D eigenvalue weighted by molar-refractivity contribution is 5.29. The van der Waals surface area contributed by atoms with Gasteiger partial charge in [0, 0.05) is 6.04 Å². The van der Waals surface area contributed by atoms with E-state index in [1.165, 1.54) is 17.5 Å². The maximum Gasteiger partial charge on any atom is 0.0462 e. The maximum absolute atomic E-state index is 5.79. The van der Waals surface area contributed by atoms with E-state index in [9.17, 15) is 0 Å². The van der Waals surface area contributed by atoms with E-state index in [0.717, 1.165) is 6.42 Å². The lowest BCUT2D eigenvalue weighted by Crippen LogP contribution is -2.30. The van der Waals surface area contributed by atoms with E-state index in [1.807, 2.05) is 0 Å². The highest BCUT2D eigenvalue weighted by Gasteiger charge is 2.20. The van der Waals surface area contributed by atoms with Gasteiger partial charge in [0.05, 0.1) is 0 Å². The molecule has 3 N–H and O–H groups in total. The topological polar surface area (TPSA) is 38.0 Å². The molecule has 0 heterocycles. The minimum absolute atomic E-state index is 0.198. The molecular weight excluding hydrogens is 256 g/mol. The van der Waals surface area contributed by atoms with E-state index in [1.54, 1.807) is 0 Å². The number of hydrazine groups is 1. The van der Waals surface area contributed by atoms with E-state index in [0.29, 0.717) is 11.3 Å². The maximum atomic E-state index is 5.79. The van der Waals surface area contributed by atoms with Crippen LogP contribution in [-0.4, -0.2) is 0 Å². The molecule has 0 saturated heterocycles. The van der Waals surface area contributed by atoms with E-state index in [4.69, 9.17) is 5.84 Å². The molecule has 0 saturated carbocycles. The second kappa shape index (κ2) is 6.93. The van der Waals surface area contributed by atoms with Crippen molar-refractivity contribution in [2.24, 2.45) is 17.2 Å². The SMILES string of the molecule is CC(CC(NN)c1ccc(C(C)(C)C)cc1)CC(C)(C)C. The van der Waals surface area contributed by atoms with Gasteiger partial charge < -0.3 is 0 Å². The zero-order valence-corrected chi connectivity index (χ0v) is 15.0. The third kappa shape index (κ3) is 6.19. The zero-order chi connectivity index (χ0) is 16.3. The smallest absolute Gasteiger partial charge is 0.0462 e. The monoisotopic (exact) mass is 290 g/mol. The van der Waals surface area contributed by atoms with Gasteiger partial charge >= 0.3 is 0 Å². The van der Waals surface area contributed by atoms with Gasteiger partial charge in [-0.05, 0) is 40.7 Å². The minimum Gasteiger partial charge on any atom is -0.271 e. The average molecular weight is 290 g/mol. The molecule has 0 aliphatic rings. The Morgan fingerprint density at radius 3 is 1.90 bits per heavy atom. The molecule has 2 heteroatoms. The van der Waals surface area contributed by atoms with Gasteiger partial charge in [0.15, 0.2) is 0 Å². The molecule has 2 atom stereocenters. The third-order valence-electron chi connectivity index (χ3n) is 3.98. The predicted octanol–water partition coefficient (Wildman–Crippen LogP) is 4.95. The van der Waals surface area contributed by atoms with Crippen LogP contribution in [0.25, 0.3) is 0 Å². The van der Waals surface area contributed by atoms with Crippen LogP contribution in [0, 0.1) is 11.3 Å². The molecule has 2 unspecified atom stereocenters. The highest BCUT2D eigenvalue weighted by Crippen LogP contribution is 2.31. The fourth-order valence-corrected chi connectivity index (χ4v) is 3.05.